The molecule has 0 bridgehead atoms. The number of hydrogen-bond acceptors (Lipinski definition) is 4. The molecular weight excluding hydrogens is 362 g/mol. The van der Waals surface area contributed by atoms with E-state index in [1.807, 2.05) is 18.2 Å². The molecule has 0 radical (unpaired) electrons. The van der Waals surface area contributed by atoms with Gasteiger partial charge in [-0.1, -0.05) is 35.9 Å². The Bertz CT molecular complexity index is 956. The molecule has 0 spiro atoms. The summed E-state index contributed by atoms with van der Waals surface area (Å²) in [4.78, 5) is 29.3. The molecule has 0 aliphatic carbocycles. The van der Waals surface area contributed by atoms with E-state index in [-0.39, 0.29) is 11.5 Å². The summed E-state index contributed by atoms with van der Waals surface area (Å²) in [7, 11) is 0. The van der Waals surface area contributed by atoms with Gasteiger partial charge in [-0.2, -0.15) is 0 Å². The summed E-state index contributed by atoms with van der Waals surface area (Å²) in [5, 5.41) is 6.19. The van der Waals surface area contributed by atoms with Crippen molar-refractivity contribution in [2.75, 3.05) is 10.6 Å². The highest BCUT2D eigenvalue weighted by Gasteiger charge is 2.14. The summed E-state index contributed by atoms with van der Waals surface area (Å²) in [6.07, 6.45) is 2.83. The lowest BCUT2D eigenvalue weighted by Crippen LogP contribution is -2.21. The van der Waals surface area contributed by atoms with Crippen molar-refractivity contribution < 1.29 is 9.59 Å². The monoisotopic (exact) mass is 377 g/mol. The average molecular weight is 378 g/mol. The van der Waals surface area contributed by atoms with Gasteiger partial charge in [0, 0.05) is 28.5 Å². The first kappa shape index (κ1) is 18.4. The fourth-order valence-electron chi connectivity index (χ4n) is 2.28. The number of nitrogens with one attached hydrogen (secondary N) is 2. The molecule has 6 heteroatoms. The first-order valence-electron chi connectivity index (χ1n) is 8.18. The zero-order valence-electron chi connectivity index (χ0n) is 14.2. The predicted octanol–water partition coefficient (Wildman–Crippen LogP) is 4.55. The first-order chi connectivity index (χ1) is 13.1. The molecule has 0 saturated carbocycles. The smallest absolute Gasteiger partial charge is 0.273 e. The number of benzene rings is 2. The SMILES string of the molecule is O=C(Nc1ccccn1)C(=CC(=O)c1ccc(Cl)cc1)Nc1ccccc1. The Kier molecular flexibility index (Phi) is 5.97. The van der Waals surface area contributed by atoms with Crippen LogP contribution in [0.3, 0.4) is 0 Å². The number of para-hydroxylation sites is 1. The number of nitrogens with zero attached hydrogens (tertiary/aromatic N) is 1. The molecule has 0 atom stereocenters. The Hall–Kier alpha value is -3.44. The fraction of sp³-hybridized carbons (Fsp3) is 0. The highest BCUT2D eigenvalue weighted by atomic mass is 35.5. The van der Waals surface area contributed by atoms with Crippen LogP contribution in [0.15, 0.2) is 90.8 Å². The van der Waals surface area contributed by atoms with E-state index in [0.29, 0.717) is 22.1 Å². The number of halogens is 1. The summed E-state index contributed by atoms with van der Waals surface area (Å²) in [6, 6.07) is 20.8. The quantitative estimate of drug-likeness (QED) is 0.488. The van der Waals surface area contributed by atoms with Crippen molar-refractivity contribution in [2.24, 2.45) is 0 Å². The van der Waals surface area contributed by atoms with Gasteiger partial charge in [0.05, 0.1) is 0 Å². The lowest BCUT2D eigenvalue weighted by Gasteiger charge is -2.11. The molecule has 0 aliphatic heterocycles. The van der Waals surface area contributed by atoms with Crippen LogP contribution in [0, 0.1) is 0 Å². The van der Waals surface area contributed by atoms with Crippen LogP contribution in [0.25, 0.3) is 0 Å². The van der Waals surface area contributed by atoms with Crippen molar-refractivity contribution >= 4 is 34.8 Å². The number of amides is 1. The lowest BCUT2D eigenvalue weighted by atomic mass is 10.1. The van der Waals surface area contributed by atoms with Gasteiger partial charge in [-0.3, -0.25) is 9.59 Å². The van der Waals surface area contributed by atoms with Crippen LogP contribution in [-0.2, 0) is 4.79 Å². The van der Waals surface area contributed by atoms with Crippen LogP contribution in [-0.4, -0.2) is 16.7 Å². The molecule has 5 nitrogen and oxygen atoms in total. The topological polar surface area (TPSA) is 71.1 Å². The Labute approximate surface area is 161 Å². The zero-order valence-corrected chi connectivity index (χ0v) is 15.0. The standard InChI is InChI=1S/C21H16ClN3O2/c22-16-11-9-15(10-12-16)19(26)14-18(24-17-6-2-1-3-7-17)21(27)25-20-8-4-5-13-23-20/h1-14,24H,(H,23,25,27). The normalized spacial score (nSPS) is 10.9. The summed E-state index contributed by atoms with van der Waals surface area (Å²) in [5.41, 5.74) is 1.22. The van der Waals surface area contributed by atoms with Gasteiger partial charge in [0.15, 0.2) is 5.78 Å². The number of hydrogen-bond donors (Lipinski definition) is 2. The van der Waals surface area contributed by atoms with Gasteiger partial charge in [-0.25, -0.2) is 4.98 Å². The minimum absolute atomic E-state index is 0.104. The third-order valence-corrected chi connectivity index (χ3v) is 3.86. The molecule has 0 aliphatic rings. The van der Waals surface area contributed by atoms with Gasteiger partial charge in [0.25, 0.3) is 5.91 Å². The van der Waals surface area contributed by atoms with E-state index in [4.69, 9.17) is 11.6 Å². The fourth-order valence-corrected chi connectivity index (χ4v) is 2.41. The van der Waals surface area contributed by atoms with Gasteiger partial charge < -0.3 is 10.6 Å². The van der Waals surface area contributed by atoms with E-state index in [0.717, 1.165) is 0 Å². The van der Waals surface area contributed by atoms with Crippen molar-refractivity contribution in [1.29, 1.82) is 0 Å². The van der Waals surface area contributed by atoms with Crippen molar-refractivity contribution in [2.45, 2.75) is 0 Å². The molecule has 0 unspecified atom stereocenters. The number of carbonyl (C=O) groups excluding carboxylic acids is 2. The van der Waals surface area contributed by atoms with Crippen LogP contribution in [0.5, 0.6) is 0 Å². The number of rotatable bonds is 6. The Morgan fingerprint density at radius 2 is 1.56 bits per heavy atom. The molecule has 1 aromatic heterocycles. The third-order valence-electron chi connectivity index (χ3n) is 3.61. The minimum Gasteiger partial charge on any atom is -0.351 e. The summed E-state index contributed by atoms with van der Waals surface area (Å²) in [6.45, 7) is 0. The highest BCUT2D eigenvalue weighted by molar-refractivity contribution is 6.30. The maximum atomic E-state index is 12.7. The summed E-state index contributed by atoms with van der Waals surface area (Å²) < 4.78 is 0. The molecule has 0 fully saturated rings. The van der Waals surface area contributed by atoms with E-state index >= 15 is 0 Å². The lowest BCUT2D eigenvalue weighted by molar-refractivity contribution is -0.112. The highest BCUT2D eigenvalue weighted by Crippen LogP contribution is 2.14. The Morgan fingerprint density at radius 1 is 0.852 bits per heavy atom. The van der Waals surface area contributed by atoms with Crippen LogP contribution in [0.1, 0.15) is 10.4 Å². The van der Waals surface area contributed by atoms with Crippen molar-refractivity contribution in [3.8, 4) is 0 Å². The van der Waals surface area contributed by atoms with Crippen LogP contribution >= 0.6 is 11.6 Å². The van der Waals surface area contributed by atoms with E-state index in [2.05, 4.69) is 15.6 Å². The number of pyridine rings is 1. The zero-order chi connectivity index (χ0) is 19.1. The first-order valence-corrected chi connectivity index (χ1v) is 8.56. The maximum Gasteiger partial charge on any atom is 0.273 e. The molecule has 3 aromatic rings. The number of anilines is 2. The second kappa shape index (κ2) is 8.78. The van der Waals surface area contributed by atoms with Crippen LogP contribution < -0.4 is 10.6 Å². The van der Waals surface area contributed by atoms with Crippen molar-refractivity contribution in [3.63, 3.8) is 0 Å². The van der Waals surface area contributed by atoms with Crippen LogP contribution in [0.2, 0.25) is 5.02 Å². The maximum absolute atomic E-state index is 12.7. The summed E-state index contributed by atoms with van der Waals surface area (Å²) >= 11 is 5.86. The average Bonchev–Trinajstić information content (AvgIpc) is 2.69. The van der Waals surface area contributed by atoms with E-state index in [1.54, 1.807) is 60.8 Å². The van der Waals surface area contributed by atoms with Gasteiger partial charge >= 0.3 is 0 Å². The van der Waals surface area contributed by atoms with Gasteiger partial charge in [0.2, 0.25) is 0 Å². The number of allylic oxidation sites excluding steroid dienone is 1. The van der Waals surface area contributed by atoms with Crippen molar-refractivity contribution in [3.05, 3.63) is 101 Å². The van der Waals surface area contributed by atoms with E-state index in [1.165, 1.54) is 6.08 Å². The van der Waals surface area contributed by atoms with Gasteiger partial charge in [-0.15, -0.1) is 0 Å². The molecule has 1 amide bonds. The molecule has 27 heavy (non-hydrogen) atoms. The largest absolute Gasteiger partial charge is 0.351 e. The minimum atomic E-state index is -0.472. The second-order valence-electron chi connectivity index (χ2n) is 5.59. The molecule has 2 N–H and O–H groups in total. The second-order valence-corrected chi connectivity index (χ2v) is 6.03. The van der Waals surface area contributed by atoms with Crippen LogP contribution in [0.4, 0.5) is 11.5 Å². The van der Waals surface area contributed by atoms with Gasteiger partial charge in [0.1, 0.15) is 11.5 Å². The molecule has 3 rings (SSSR count). The molecule has 0 saturated heterocycles. The Morgan fingerprint density at radius 3 is 2.22 bits per heavy atom. The van der Waals surface area contributed by atoms with Gasteiger partial charge in [-0.05, 0) is 48.5 Å². The molecule has 2 aromatic carbocycles. The number of carbonyl (C=O) groups is 2. The van der Waals surface area contributed by atoms with E-state index < -0.39 is 5.91 Å². The van der Waals surface area contributed by atoms with E-state index in [9.17, 15) is 9.59 Å². The molecule has 1 heterocycles. The predicted molar refractivity (Wildman–Crippen MR) is 107 cm³/mol. The summed E-state index contributed by atoms with van der Waals surface area (Å²) in [5.74, 6) is -0.400. The number of ketones is 1. The number of aromatic nitrogens is 1. The molecular formula is C21H16ClN3O2. The third kappa shape index (κ3) is 5.26. The molecule has 134 valence electrons. The Balaban J connectivity index is 1.87. The van der Waals surface area contributed by atoms with Crippen molar-refractivity contribution in [1.82, 2.24) is 4.98 Å².